The number of benzene rings is 2. The van der Waals surface area contributed by atoms with Crippen molar-refractivity contribution >= 4 is 11.0 Å². The molecular formula is C21H22FN2O3. The van der Waals surface area contributed by atoms with Gasteiger partial charge in [-0.1, -0.05) is 17.3 Å². The lowest BCUT2D eigenvalue weighted by Gasteiger charge is -2.31. The van der Waals surface area contributed by atoms with E-state index in [1.54, 1.807) is 24.3 Å². The first-order chi connectivity index (χ1) is 13.2. The van der Waals surface area contributed by atoms with Crippen molar-refractivity contribution in [1.82, 2.24) is 10.1 Å². The minimum absolute atomic E-state index is 0.123. The molecule has 1 radical (unpaired) electrons. The van der Waals surface area contributed by atoms with Gasteiger partial charge in [0.1, 0.15) is 5.82 Å². The summed E-state index contributed by atoms with van der Waals surface area (Å²) in [4.78, 5) is 2.41. The summed E-state index contributed by atoms with van der Waals surface area (Å²) in [6.07, 6.45) is 2.90. The van der Waals surface area contributed by atoms with E-state index < -0.39 is 0 Å². The fraction of sp³-hybridized carbons (Fsp3) is 0.381. The number of phenols is 1. The normalized spacial score (nSPS) is 16.0. The Labute approximate surface area is 157 Å². The number of nitrogens with zero attached hydrogens (tertiary/aromatic N) is 2. The molecule has 141 valence electrons. The highest BCUT2D eigenvalue weighted by molar-refractivity contribution is 5.79. The van der Waals surface area contributed by atoms with Gasteiger partial charge in [0.15, 0.2) is 17.1 Å². The van der Waals surface area contributed by atoms with Gasteiger partial charge < -0.3 is 19.3 Å². The van der Waals surface area contributed by atoms with Crippen LogP contribution in [0.15, 0.2) is 40.9 Å². The van der Waals surface area contributed by atoms with E-state index in [0.717, 1.165) is 50.0 Å². The van der Waals surface area contributed by atoms with E-state index in [-0.39, 0.29) is 11.6 Å². The van der Waals surface area contributed by atoms with Crippen LogP contribution in [0.25, 0.3) is 11.0 Å². The third kappa shape index (κ3) is 4.06. The van der Waals surface area contributed by atoms with Crippen LogP contribution in [0.1, 0.15) is 30.9 Å². The van der Waals surface area contributed by atoms with Gasteiger partial charge in [-0.05, 0) is 50.6 Å². The Morgan fingerprint density at radius 3 is 2.96 bits per heavy atom. The quantitative estimate of drug-likeness (QED) is 0.663. The van der Waals surface area contributed by atoms with Crippen LogP contribution in [0, 0.1) is 11.9 Å². The molecule has 0 unspecified atom stereocenters. The molecule has 0 aliphatic carbocycles. The molecule has 2 aromatic carbocycles. The molecule has 3 aromatic rings. The molecular weight excluding hydrogens is 347 g/mol. The summed E-state index contributed by atoms with van der Waals surface area (Å²) in [6.45, 7) is 3.48. The van der Waals surface area contributed by atoms with Crippen molar-refractivity contribution in [2.45, 2.75) is 25.2 Å². The lowest BCUT2D eigenvalue weighted by Crippen LogP contribution is -2.34. The molecule has 1 fully saturated rings. The first kappa shape index (κ1) is 17.8. The van der Waals surface area contributed by atoms with Crippen molar-refractivity contribution in [3.8, 4) is 11.5 Å². The van der Waals surface area contributed by atoms with Gasteiger partial charge in [-0.25, -0.2) is 4.39 Å². The van der Waals surface area contributed by atoms with Crippen molar-refractivity contribution in [3.63, 3.8) is 0 Å². The molecule has 1 aliphatic heterocycles. The lowest BCUT2D eigenvalue weighted by molar-refractivity contribution is 0.189. The smallest absolute Gasteiger partial charge is 0.170 e. The highest BCUT2D eigenvalue weighted by Gasteiger charge is 2.24. The van der Waals surface area contributed by atoms with E-state index in [1.165, 1.54) is 12.1 Å². The number of hydrogen-bond donors (Lipinski definition) is 1. The van der Waals surface area contributed by atoms with Gasteiger partial charge in [-0.3, -0.25) is 0 Å². The predicted molar refractivity (Wildman–Crippen MR) is 99.4 cm³/mol. The zero-order valence-corrected chi connectivity index (χ0v) is 15.0. The Balaban J connectivity index is 1.25. The third-order valence-corrected chi connectivity index (χ3v) is 5.10. The zero-order valence-electron chi connectivity index (χ0n) is 15.0. The van der Waals surface area contributed by atoms with Gasteiger partial charge in [0, 0.05) is 30.0 Å². The Morgan fingerprint density at radius 2 is 2.15 bits per heavy atom. The van der Waals surface area contributed by atoms with E-state index in [9.17, 15) is 9.50 Å². The number of phenolic OH excluding ortho intramolecular Hbond substituents is 1. The van der Waals surface area contributed by atoms with Crippen LogP contribution < -0.4 is 4.74 Å². The first-order valence-corrected chi connectivity index (χ1v) is 9.30. The number of aromatic hydroxyl groups is 1. The summed E-state index contributed by atoms with van der Waals surface area (Å²) in [5, 5.41) is 14.8. The summed E-state index contributed by atoms with van der Waals surface area (Å²) in [5.74, 6) is 0.576. The van der Waals surface area contributed by atoms with Gasteiger partial charge >= 0.3 is 0 Å². The largest absolute Gasteiger partial charge is 0.504 e. The molecule has 0 atom stereocenters. The Bertz CT molecular complexity index is 903. The first-order valence-electron chi connectivity index (χ1n) is 9.30. The molecule has 5 nitrogen and oxygen atoms in total. The lowest BCUT2D eigenvalue weighted by atomic mass is 9.91. The van der Waals surface area contributed by atoms with E-state index in [4.69, 9.17) is 9.26 Å². The maximum Gasteiger partial charge on any atom is 0.170 e. The number of ether oxygens (including phenoxy) is 1. The predicted octanol–water partition coefficient (Wildman–Crippen LogP) is 4.12. The second kappa shape index (κ2) is 7.96. The molecule has 0 spiro atoms. The molecule has 0 bridgehead atoms. The summed E-state index contributed by atoms with van der Waals surface area (Å²) in [5.41, 5.74) is 1.47. The average molecular weight is 369 g/mol. The number of piperidine rings is 1. The molecule has 0 saturated carbocycles. The number of fused-ring (bicyclic) bond motifs is 1. The van der Waals surface area contributed by atoms with Gasteiger partial charge in [0.2, 0.25) is 0 Å². The average Bonchev–Trinajstić information content (AvgIpc) is 3.10. The fourth-order valence-corrected chi connectivity index (χ4v) is 3.65. The number of aromatic nitrogens is 1. The Hall–Kier alpha value is -2.60. The summed E-state index contributed by atoms with van der Waals surface area (Å²) >= 11 is 0. The molecule has 27 heavy (non-hydrogen) atoms. The second-order valence-corrected chi connectivity index (χ2v) is 6.91. The summed E-state index contributed by atoms with van der Waals surface area (Å²) in [6, 6.07) is 12.5. The monoisotopic (exact) mass is 369 g/mol. The second-order valence-electron chi connectivity index (χ2n) is 6.91. The highest BCUT2D eigenvalue weighted by atomic mass is 19.1. The molecule has 4 rings (SSSR count). The molecule has 0 amide bonds. The van der Waals surface area contributed by atoms with Crippen molar-refractivity contribution in [1.29, 1.82) is 0 Å². The third-order valence-electron chi connectivity index (χ3n) is 5.10. The van der Waals surface area contributed by atoms with Crippen LogP contribution in [-0.2, 0) is 0 Å². The molecule has 1 aliphatic rings. The van der Waals surface area contributed by atoms with E-state index >= 15 is 0 Å². The fourth-order valence-electron chi connectivity index (χ4n) is 3.65. The highest BCUT2D eigenvalue weighted by Crippen LogP contribution is 2.32. The summed E-state index contributed by atoms with van der Waals surface area (Å²) < 4.78 is 24.2. The SMILES string of the molecule is Oc1ccc[c]c1OCCCN1CCC(c2noc3cc(F)ccc23)CC1. The maximum atomic E-state index is 13.3. The minimum atomic E-state index is -0.302. The van der Waals surface area contributed by atoms with Gasteiger partial charge in [0.25, 0.3) is 0 Å². The number of para-hydroxylation sites is 1. The van der Waals surface area contributed by atoms with Crippen LogP contribution in [0.5, 0.6) is 11.5 Å². The van der Waals surface area contributed by atoms with Crippen molar-refractivity contribution in [3.05, 3.63) is 54.0 Å². The van der Waals surface area contributed by atoms with Gasteiger partial charge in [-0.2, -0.15) is 0 Å². The Kier molecular flexibility index (Phi) is 5.25. The van der Waals surface area contributed by atoms with E-state index in [1.807, 2.05) is 0 Å². The van der Waals surface area contributed by atoms with E-state index in [0.29, 0.717) is 23.9 Å². The standard InChI is InChI=1S/C21H22FN2O3/c22-16-6-7-17-20(14-16)27-23-21(17)15-8-11-24(12-9-15)10-3-13-26-19-5-2-1-4-18(19)25/h1-2,4,6-7,14-15,25H,3,8-13H2. The van der Waals surface area contributed by atoms with Crippen molar-refractivity contribution in [2.75, 3.05) is 26.2 Å². The van der Waals surface area contributed by atoms with Gasteiger partial charge in [-0.15, -0.1) is 0 Å². The van der Waals surface area contributed by atoms with Gasteiger partial charge in [0.05, 0.1) is 12.3 Å². The summed E-state index contributed by atoms with van der Waals surface area (Å²) in [7, 11) is 0. The van der Waals surface area contributed by atoms with Crippen LogP contribution >= 0.6 is 0 Å². The van der Waals surface area contributed by atoms with Crippen LogP contribution in [0.2, 0.25) is 0 Å². The van der Waals surface area contributed by atoms with Crippen molar-refractivity contribution < 1.29 is 18.8 Å². The van der Waals surface area contributed by atoms with Crippen LogP contribution in [0.4, 0.5) is 4.39 Å². The molecule has 1 aromatic heterocycles. The minimum Gasteiger partial charge on any atom is -0.504 e. The Morgan fingerprint density at radius 1 is 1.30 bits per heavy atom. The number of halogens is 1. The maximum absolute atomic E-state index is 13.3. The number of likely N-dealkylation sites (tertiary alicyclic amines) is 1. The number of hydrogen-bond acceptors (Lipinski definition) is 5. The molecule has 1 N–H and O–H groups in total. The number of rotatable bonds is 6. The van der Waals surface area contributed by atoms with Crippen molar-refractivity contribution in [2.24, 2.45) is 0 Å². The molecule has 2 heterocycles. The zero-order chi connectivity index (χ0) is 18.6. The molecule has 1 saturated heterocycles. The van der Waals surface area contributed by atoms with Crippen LogP contribution in [-0.4, -0.2) is 41.4 Å². The topological polar surface area (TPSA) is 58.7 Å². The van der Waals surface area contributed by atoms with Crippen LogP contribution in [0.3, 0.4) is 0 Å². The molecule has 6 heteroatoms. The van der Waals surface area contributed by atoms with E-state index in [2.05, 4.69) is 16.1 Å².